The zero-order valence-corrected chi connectivity index (χ0v) is 18.5. The standard InChI is InChI=1S/C23H29N3O6/c1-3-32-23(31)16-10-13-25(14-11-16)20(28)15-24(2)19(27)9-6-12-26-21(29)17-7-4-5-8-18(17)22(26)30/h4-5,7-8,16H,3,6,9-15H2,1-2H3. The number of rotatable bonds is 8. The molecule has 2 heterocycles. The largest absolute Gasteiger partial charge is 0.466 e. The Morgan fingerprint density at radius 3 is 2.22 bits per heavy atom. The Hall–Kier alpha value is -3.23. The van der Waals surface area contributed by atoms with Crippen molar-refractivity contribution in [3.8, 4) is 0 Å². The van der Waals surface area contributed by atoms with Gasteiger partial charge in [-0.05, 0) is 38.3 Å². The summed E-state index contributed by atoms with van der Waals surface area (Å²) >= 11 is 0. The van der Waals surface area contributed by atoms with Crippen LogP contribution in [0.15, 0.2) is 24.3 Å². The maximum absolute atomic E-state index is 12.5. The first-order valence-corrected chi connectivity index (χ1v) is 11.0. The first-order valence-electron chi connectivity index (χ1n) is 11.0. The molecular formula is C23H29N3O6. The second-order valence-electron chi connectivity index (χ2n) is 8.07. The van der Waals surface area contributed by atoms with Crippen LogP contribution in [0.25, 0.3) is 0 Å². The van der Waals surface area contributed by atoms with Gasteiger partial charge in [-0.25, -0.2) is 0 Å². The first kappa shape index (κ1) is 23.4. The number of hydrogen-bond donors (Lipinski definition) is 0. The predicted octanol–water partition coefficient (Wildman–Crippen LogP) is 1.32. The van der Waals surface area contributed by atoms with Gasteiger partial charge in [-0.15, -0.1) is 0 Å². The van der Waals surface area contributed by atoms with Crippen LogP contribution in [0, 0.1) is 5.92 Å². The van der Waals surface area contributed by atoms with Gasteiger partial charge >= 0.3 is 5.97 Å². The number of ether oxygens (including phenoxy) is 1. The maximum Gasteiger partial charge on any atom is 0.309 e. The fraction of sp³-hybridized carbons (Fsp3) is 0.522. The highest BCUT2D eigenvalue weighted by molar-refractivity contribution is 6.21. The van der Waals surface area contributed by atoms with E-state index >= 15 is 0 Å². The van der Waals surface area contributed by atoms with Crippen molar-refractivity contribution in [1.29, 1.82) is 0 Å². The fourth-order valence-electron chi connectivity index (χ4n) is 4.04. The maximum atomic E-state index is 12.5. The molecule has 1 fully saturated rings. The molecule has 0 spiro atoms. The quantitative estimate of drug-likeness (QED) is 0.443. The van der Waals surface area contributed by atoms with Gasteiger partial charge in [0.15, 0.2) is 0 Å². The molecule has 0 unspecified atom stereocenters. The second-order valence-corrected chi connectivity index (χ2v) is 8.07. The Bertz CT molecular complexity index is 872. The minimum Gasteiger partial charge on any atom is -0.466 e. The zero-order chi connectivity index (χ0) is 23.3. The summed E-state index contributed by atoms with van der Waals surface area (Å²) in [5.74, 6) is -1.47. The van der Waals surface area contributed by atoms with Crippen LogP contribution in [0.3, 0.4) is 0 Å². The van der Waals surface area contributed by atoms with E-state index in [0.29, 0.717) is 50.1 Å². The summed E-state index contributed by atoms with van der Waals surface area (Å²) in [5, 5.41) is 0. The van der Waals surface area contributed by atoms with Crippen molar-refractivity contribution in [2.75, 3.05) is 39.8 Å². The summed E-state index contributed by atoms with van der Waals surface area (Å²) in [7, 11) is 1.56. The molecule has 32 heavy (non-hydrogen) atoms. The van der Waals surface area contributed by atoms with E-state index in [-0.39, 0.29) is 55.0 Å². The van der Waals surface area contributed by atoms with E-state index in [2.05, 4.69) is 0 Å². The van der Waals surface area contributed by atoms with Gasteiger partial charge in [-0.1, -0.05) is 12.1 Å². The third-order valence-corrected chi connectivity index (χ3v) is 5.92. The third-order valence-electron chi connectivity index (χ3n) is 5.92. The van der Waals surface area contributed by atoms with Crippen LogP contribution in [-0.2, 0) is 19.1 Å². The number of piperidine rings is 1. The minimum atomic E-state index is -0.340. The van der Waals surface area contributed by atoms with Gasteiger partial charge in [0.25, 0.3) is 11.8 Å². The van der Waals surface area contributed by atoms with Gasteiger partial charge in [-0.3, -0.25) is 28.9 Å². The average molecular weight is 444 g/mol. The number of amides is 4. The van der Waals surface area contributed by atoms with Gasteiger partial charge in [-0.2, -0.15) is 0 Å². The molecule has 0 bridgehead atoms. The highest BCUT2D eigenvalue weighted by atomic mass is 16.5. The first-order chi connectivity index (χ1) is 15.3. The molecule has 0 N–H and O–H groups in total. The van der Waals surface area contributed by atoms with E-state index in [1.165, 1.54) is 4.90 Å². The van der Waals surface area contributed by atoms with E-state index in [1.54, 1.807) is 43.1 Å². The highest BCUT2D eigenvalue weighted by Gasteiger charge is 2.34. The highest BCUT2D eigenvalue weighted by Crippen LogP contribution is 2.23. The van der Waals surface area contributed by atoms with Gasteiger partial charge in [0.1, 0.15) is 0 Å². The Morgan fingerprint density at radius 1 is 1.06 bits per heavy atom. The lowest BCUT2D eigenvalue weighted by atomic mass is 9.97. The predicted molar refractivity (Wildman–Crippen MR) is 115 cm³/mol. The zero-order valence-electron chi connectivity index (χ0n) is 18.5. The summed E-state index contributed by atoms with van der Waals surface area (Å²) in [5.41, 5.74) is 0.775. The number of fused-ring (bicyclic) bond motifs is 1. The molecule has 1 saturated heterocycles. The minimum absolute atomic E-state index is 0.0457. The number of nitrogens with zero attached hydrogens (tertiary/aromatic N) is 3. The lowest BCUT2D eigenvalue weighted by molar-refractivity contribution is -0.151. The Kier molecular flexibility index (Phi) is 7.61. The smallest absolute Gasteiger partial charge is 0.309 e. The molecule has 0 radical (unpaired) electrons. The van der Waals surface area contributed by atoms with Crippen molar-refractivity contribution in [1.82, 2.24) is 14.7 Å². The molecule has 9 nitrogen and oxygen atoms in total. The molecule has 2 aliphatic rings. The number of imide groups is 1. The Labute approximate surface area is 187 Å². The van der Waals surface area contributed by atoms with Crippen molar-refractivity contribution >= 4 is 29.6 Å². The molecule has 1 aromatic carbocycles. The summed E-state index contributed by atoms with van der Waals surface area (Å²) in [4.78, 5) is 65.7. The molecule has 1 aromatic rings. The number of hydrogen-bond acceptors (Lipinski definition) is 6. The molecule has 3 rings (SSSR count). The van der Waals surface area contributed by atoms with E-state index in [1.807, 2.05) is 0 Å². The van der Waals surface area contributed by atoms with Crippen LogP contribution in [0.4, 0.5) is 0 Å². The van der Waals surface area contributed by atoms with E-state index in [4.69, 9.17) is 4.74 Å². The molecule has 0 saturated carbocycles. The monoisotopic (exact) mass is 443 g/mol. The number of carbonyl (C=O) groups is 5. The van der Waals surface area contributed by atoms with Crippen molar-refractivity contribution in [3.05, 3.63) is 35.4 Å². The molecule has 0 aliphatic carbocycles. The van der Waals surface area contributed by atoms with Gasteiger partial charge in [0.2, 0.25) is 11.8 Å². The number of esters is 1. The van der Waals surface area contributed by atoms with Gasteiger partial charge in [0.05, 0.1) is 30.2 Å². The van der Waals surface area contributed by atoms with Crippen LogP contribution in [0.1, 0.15) is 53.3 Å². The number of carbonyl (C=O) groups excluding carboxylic acids is 5. The molecule has 2 aliphatic heterocycles. The summed E-state index contributed by atoms with van der Waals surface area (Å²) in [6.07, 6.45) is 1.57. The second kappa shape index (κ2) is 10.4. The Morgan fingerprint density at radius 2 is 1.66 bits per heavy atom. The Balaban J connectivity index is 1.40. The van der Waals surface area contributed by atoms with Crippen LogP contribution in [0.2, 0.25) is 0 Å². The van der Waals surface area contributed by atoms with Crippen molar-refractivity contribution in [2.24, 2.45) is 5.92 Å². The van der Waals surface area contributed by atoms with Gasteiger partial charge < -0.3 is 14.5 Å². The van der Waals surface area contributed by atoms with Crippen molar-refractivity contribution in [2.45, 2.75) is 32.6 Å². The average Bonchev–Trinajstić information content (AvgIpc) is 3.04. The number of likely N-dealkylation sites (tertiary alicyclic amines) is 1. The molecule has 4 amide bonds. The fourth-order valence-corrected chi connectivity index (χ4v) is 4.04. The van der Waals surface area contributed by atoms with Crippen LogP contribution < -0.4 is 0 Å². The molecule has 0 aromatic heterocycles. The van der Waals surface area contributed by atoms with E-state index in [0.717, 1.165) is 4.90 Å². The van der Waals surface area contributed by atoms with E-state index in [9.17, 15) is 24.0 Å². The topological polar surface area (TPSA) is 104 Å². The molecule has 172 valence electrons. The van der Waals surface area contributed by atoms with Crippen LogP contribution in [-0.4, -0.2) is 84.1 Å². The summed E-state index contributed by atoms with van der Waals surface area (Å²) in [6, 6.07) is 6.66. The molecular weight excluding hydrogens is 414 g/mol. The third kappa shape index (κ3) is 5.15. The van der Waals surface area contributed by atoms with Crippen LogP contribution >= 0.6 is 0 Å². The SMILES string of the molecule is CCOC(=O)C1CCN(C(=O)CN(C)C(=O)CCCN2C(=O)c3ccccc3C2=O)CC1. The van der Waals surface area contributed by atoms with Gasteiger partial charge in [0, 0.05) is 33.1 Å². The number of benzene rings is 1. The summed E-state index contributed by atoms with van der Waals surface area (Å²) < 4.78 is 5.04. The van der Waals surface area contributed by atoms with Crippen LogP contribution in [0.5, 0.6) is 0 Å². The van der Waals surface area contributed by atoms with Crippen molar-refractivity contribution < 1.29 is 28.7 Å². The summed E-state index contributed by atoms with van der Waals surface area (Å²) in [6.45, 7) is 3.15. The molecule has 0 atom stereocenters. The normalized spacial score (nSPS) is 16.2. The lowest BCUT2D eigenvalue weighted by Gasteiger charge is -2.32. The van der Waals surface area contributed by atoms with Crippen molar-refractivity contribution in [3.63, 3.8) is 0 Å². The molecule has 9 heteroatoms. The number of likely N-dealkylation sites (N-methyl/N-ethyl adjacent to an activating group) is 1. The van der Waals surface area contributed by atoms with E-state index < -0.39 is 0 Å². The lowest BCUT2D eigenvalue weighted by Crippen LogP contribution is -2.45.